The number of fused-ring (bicyclic) bond motifs is 1. The van der Waals surface area contributed by atoms with E-state index in [0.717, 1.165) is 21.2 Å². The highest BCUT2D eigenvalue weighted by molar-refractivity contribution is 9.10. The molecule has 2 aromatic carbocycles. The van der Waals surface area contributed by atoms with Crippen LogP contribution in [0.15, 0.2) is 62.2 Å². The van der Waals surface area contributed by atoms with Crippen molar-refractivity contribution in [1.29, 1.82) is 0 Å². The first kappa shape index (κ1) is 19.9. The van der Waals surface area contributed by atoms with Crippen LogP contribution in [0.2, 0.25) is 0 Å². The van der Waals surface area contributed by atoms with Crippen LogP contribution in [0.1, 0.15) is 5.56 Å². The summed E-state index contributed by atoms with van der Waals surface area (Å²) in [6, 6.07) is 14.1. The summed E-state index contributed by atoms with van der Waals surface area (Å²) in [5, 5.41) is 0.834. The number of benzene rings is 2. The van der Waals surface area contributed by atoms with Gasteiger partial charge in [0.05, 0.1) is 6.54 Å². The fourth-order valence-electron chi connectivity index (χ4n) is 2.61. The Bertz CT molecular complexity index is 1030. The van der Waals surface area contributed by atoms with E-state index in [1.807, 2.05) is 37.3 Å². The summed E-state index contributed by atoms with van der Waals surface area (Å²) in [4.78, 5) is 25.3. The largest absolute Gasteiger partial charge is 0.492 e. The highest BCUT2D eigenvalue weighted by atomic mass is 79.9. The van der Waals surface area contributed by atoms with Gasteiger partial charge in [-0.3, -0.25) is 4.79 Å². The number of likely N-dealkylation sites (N-methyl/N-ethyl adjacent to an activating group) is 1. The second-order valence-corrected chi connectivity index (χ2v) is 7.23. The topological polar surface area (TPSA) is 69.0 Å². The monoisotopic (exact) mass is 445 g/mol. The molecule has 6 nitrogen and oxygen atoms in total. The van der Waals surface area contributed by atoms with Crippen molar-refractivity contribution in [1.82, 2.24) is 4.90 Å². The fourth-order valence-corrected chi connectivity index (χ4v) is 2.87. The maximum atomic E-state index is 12.2. The Morgan fingerprint density at radius 3 is 2.54 bits per heavy atom. The fraction of sp³-hybridized carbons (Fsp3) is 0.238. The molecule has 0 bridgehead atoms. The van der Waals surface area contributed by atoms with E-state index in [1.54, 1.807) is 24.1 Å². The Labute approximate surface area is 170 Å². The molecule has 0 unspecified atom stereocenters. The van der Waals surface area contributed by atoms with Gasteiger partial charge >= 0.3 is 5.63 Å². The molecule has 1 amide bonds. The molecule has 0 aliphatic rings. The number of hydrogen-bond acceptors (Lipinski definition) is 5. The lowest BCUT2D eigenvalue weighted by molar-refractivity contribution is -0.132. The van der Waals surface area contributed by atoms with Crippen LogP contribution in [0.25, 0.3) is 11.0 Å². The SMILES string of the molecule is Cc1cc(=O)oc2cc(OCC(=O)N(C)CCOc3ccc(Br)cc3)ccc12. The van der Waals surface area contributed by atoms with Gasteiger partial charge in [-0.2, -0.15) is 0 Å². The van der Waals surface area contributed by atoms with Gasteiger partial charge in [-0.15, -0.1) is 0 Å². The second-order valence-electron chi connectivity index (χ2n) is 6.31. The van der Waals surface area contributed by atoms with E-state index in [-0.39, 0.29) is 12.5 Å². The Balaban J connectivity index is 1.51. The van der Waals surface area contributed by atoms with Gasteiger partial charge in [-0.25, -0.2) is 4.79 Å². The van der Waals surface area contributed by atoms with Gasteiger partial charge in [-0.05, 0) is 48.9 Å². The number of halogens is 1. The molecule has 1 heterocycles. The van der Waals surface area contributed by atoms with Crippen LogP contribution in [0, 0.1) is 6.92 Å². The molecule has 3 aromatic rings. The van der Waals surface area contributed by atoms with Crippen molar-refractivity contribution in [3.63, 3.8) is 0 Å². The molecule has 0 saturated carbocycles. The Kier molecular flexibility index (Phi) is 6.36. The lowest BCUT2D eigenvalue weighted by Crippen LogP contribution is -2.34. The Morgan fingerprint density at radius 2 is 1.79 bits per heavy atom. The predicted molar refractivity (Wildman–Crippen MR) is 110 cm³/mol. The maximum Gasteiger partial charge on any atom is 0.336 e. The number of carbonyl (C=O) groups is 1. The summed E-state index contributed by atoms with van der Waals surface area (Å²) >= 11 is 3.37. The third-order valence-corrected chi connectivity index (χ3v) is 4.75. The highest BCUT2D eigenvalue weighted by Crippen LogP contribution is 2.22. The van der Waals surface area contributed by atoms with Crippen LogP contribution in [0.4, 0.5) is 0 Å². The summed E-state index contributed by atoms with van der Waals surface area (Å²) in [6.45, 7) is 2.54. The van der Waals surface area contributed by atoms with Crippen molar-refractivity contribution in [2.45, 2.75) is 6.92 Å². The third kappa shape index (κ3) is 5.13. The first-order valence-electron chi connectivity index (χ1n) is 8.72. The third-order valence-electron chi connectivity index (χ3n) is 4.22. The molecule has 7 heteroatoms. The molecular formula is C21H20BrNO5. The predicted octanol–water partition coefficient (Wildman–Crippen LogP) is 3.78. The van der Waals surface area contributed by atoms with E-state index in [1.165, 1.54) is 6.07 Å². The van der Waals surface area contributed by atoms with Gasteiger partial charge in [0.2, 0.25) is 0 Å². The van der Waals surface area contributed by atoms with Crippen molar-refractivity contribution < 1.29 is 18.7 Å². The summed E-state index contributed by atoms with van der Waals surface area (Å²) in [6.07, 6.45) is 0. The van der Waals surface area contributed by atoms with Gasteiger partial charge < -0.3 is 18.8 Å². The van der Waals surface area contributed by atoms with Crippen LogP contribution in [0.3, 0.4) is 0 Å². The van der Waals surface area contributed by atoms with Crippen molar-refractivity contribution in [3.05, 3.63) is 69.0 Å². The highest BCUT2D eigenvalue weighted by Gasteiger charge is 2.11. The summed E-state index contributed by atoms with van der Waals surface area (Å²) < 4.78 is 17.3. The number of carbonyl (C=O) groups excluding carboxylic acids is 1. The zero-order chi connectivity index (χ0) is 20.1. The van der Waals surface area contributed by atoms with E-state index in [0.29, 0.717) is 24.5 Å². The van der Waals surface area contributed by atoms with Crippen molar-refractivity contribution >= 4 is 32.8 Å². The van der Waals surface area contributed by atoms with Crippen LogP contribution >= 0.6 is 15.9 Å². The minimum Gasteiger partial charge on any atom is -0.492 e. The van der Waals surface area contributed by atoms with Crippen LogP contribution in [-0.2, 0) is 4.79 Å². The van der Waals surface area contributed by atoms with Gasteiger partial charge in [0.25, 0.3) is 5.91 Å². The minimum atomic E-state index is -0.413. The van der Waals surface area contributed by atoms with Gasteiger partial charge in [-0.1, -0.05) is 15.9 Å². The van der Waals surface area contributed by atoms with E-state index < -0.39 is 5.63 Å². The molecule has 28 heavy (non-hydrogen) atoms. The van der Waals surface area contributed by atoms with E-state index in [2.05, 4.69) is 15.9 Å². The average Bonchev–Trinajstić information content (AvgIpc) is 2.67. The number of rotatable bonds is 7. The lowest BCUT2D eigenvalue weighted by Gasteiger charge is -2.18. The molecule has 0 spiro atoms. The summed E-state index contributed by atoms with van der Waals surface area (Å²) in [5.74, 6) is 1.03. The normalized spacial score (nSPS) is 10.7. The zero-order valence-electron chi connectivity index (χ0n) is 15.6. The second kappa shape index (κ2) is 8.93. The number of hydrogen-bond donors (Lipinski definition) is 0. The van der Waals surface area contributed by atoms with Crippen LogP contribution in [-0.4, -0.2) is 37.6 Å². The lowest BCUT2D eigenvalue weighted by atomic mass is 10.1. The molecule has 0 atom stereocenters. The Hall–Kier alpha value is -2.80. The first-order chi connectivity index (χ1) is 13.4. The molecule has 146 valence electrons. The standard InChI is InChI=1S/C21H20BrNO5/c1-14-11-21(25)28-19-12-17(7-8-18(14)19)27-13-20(24)23(2)9-10-26-16-5-3-15(22)4-6-16/h3-8,11-12H,9-10,13H2,1-2H3. The quantitative estimate of drug-likeness (QED) is 0.517. The number of amides is 1. The molecule has 0 N–H and O–H groups in total. The Morgan fingerprint density at radius 1 is 1.07 bits per heavy atom. The van der Waals surface area contributed by atoms with E-state index in [9.17, 15) is 9.59 Å². The number of aryl methyl sites for hydroxylation is 1. The molecule has 0 fully saturated rings. The van der Waals surface area contributed by atoms with Gasteiger partial charge in [0.15, 0.2) is 6.61 Å². The molecule has 0 aliphatic heterocycles. The van der Waals surface area contributed by atoms with Gasteiger partial charge in [0.1, 0.15) is 23.7 Å². The van der Waals surface area contributed by atoms with Crippen molar-refractivity contribution in [2.75, 3.05) is 26.8 Å². The smallest absolute Gasteiger partial charge is 0.336 e. The molecule has 3 rings (SSSR count). The van der Waals surface area contributed by atoms with Gasteiger partial charge in [0, 0.05) is 29.0 Å². The van der Waals surface area contributed by atoms with E-state index in [4.69, 9.17) is 13.9 Å². The molecule has 0 aliphatic carbocycles. The molecule has 0 saturated heterocycles. The van der Waals surface area contributed by atoms with Crippen LogP contribution < -0.4 is 15.1 Å². The molecular weight excluding hydrogens is 426 g/mol. The van der Waals surface area contributed by atoms with E-state index >= 15 is 0 Å². The molecule has 1 aromatic heterocycles. The van der Waals surface area contributed by atoms with Crippen molar-refractivity contribution in [3.8, 4) is 11.5 Å². The summed E-state index contributed by atoms with van der Waals surface area (Å²) in [5.41, 5.74) is 0.856. The average molecular weight is 446 g/mol. The zero-order valence-corrected chi connectivity index (χ0v) is 17.2. The number of nitrogens with zero attached hydrogens (tertiary/aromatic N) is 1. The molecule has 0 radical (unpaired) electrons. The van der Waals surface area contributed by atoms with Crippen LogP contribution in [0.5, 0.6) is 11.5 Å². The summed E-state index contributed by atoms with van der Waals surface area (Å²) in [7, 11) is 1.69. The first-order valence-corrected chi connectivity index (χ1v) is 9.51. The number of ether oxygens (including phenoxy) is 2. The maximum absolute atomic E-state index is 12.2. The van der Waals surface area contributed by atoms with Crippen molar-refractivity contribution in [2.24, 2.45) is 0 Å². The minimum absolute atomic E-state index is 0.115.